The Balaban J connectivity index is 2.14. The van der Waals surface area contributed by atoms with Crippen LogP contribution >= 0.6 is 11.6 Å². The number of hydrogen-bond donors (Lipinski definition) is 1. The van der Waals surface area contributed by atoms with Crippen LogP contribution in [0.25, 0.3) is 0 Å². The summed E-state index contributed by atoms with van der Waals surface area (Å²) in [6.07, 6.45) is -0.706. The summed E-state index contributed by atoms with van der Waals surface area (Å²) in [4.78, 5) is 36.7. The first-order valence-corrected chi connectivity index (χ1v) is 9.05. The minimum atomic E-state index is -0.973. The van der Waals surface area contributed by atoms with Gasteiger partial charge in [0.1, 0.15) is 5.71 Å². The number of aryl methyl sites for hydroxylation is 1. The van der Waals surface area contributed by atoms with Crippen molar-refractivity contribution >= 4 is 40.8 Å². The molecule has 0 aliphatic carbocycles. The number of nitrogens with zero attached hydrogens (tertiary/aromatic N) is 2. The van der Waals surface area contributed by atoms with Gasteiger partial charge in [0.25, 0.3) is 5.91 Å². The van der Waals surface area contributed by atoms with Gasteiger partial charge in [-0.2, -0.15) is 5.10 Å². The van der Waals surface area contributed by atoms with Gasteiger partial charge in [-0.25, -0.2) is 9.80 Å². The zero-order chi connectivity index (χ0) is 20.4. The van der Waals surface area contributed by atoms with Crippen molar-refractivity contribution in [1.29, 1.82) is 0 Å². The van der Waals surface area contributed by atoms with E-state index in [1.165, 1.54) is 6.92 Å². The van der Waals surface area contributed by atoms with E-state index < -0.39 is 23.5 Å². The lowest BCUT2D eigenvalue weighted by atomic mass is 10.1. The maximum Gasteiger partial charge on any atom is 0.355 e. The van der Waals surface area contributed by atoms with Crippen molar-refractivity contribution in [3.05, 3.63) is 28.8 Å². The third-order valence-corrected chi connectivity index (χ3v) is 4.23. The molecule has 0 aromatic heterocycles. The number of hydrogen-bond acceptors (Lipinski definition) is 5. The molecule has 0 spiro atoms. The Kier molecular flexibility index (Phi) is 6.26. The smallest absolute Gasteiger partial charge is 0.355 e. The Hall–Kier alpha value is -2.41. The Morgan fingerprint density at radius 3 is 2.56 bits per heavy atom. The molecule has 1 heterocycles. The number of carbonyl (C=O) groups excluding carboxylic acids is 3. The standard InChI is InChI=1S/C19H24ClN3O4/c1-11-6-7-13(10-14(11)20)23-16(24)9-8-15(22-23)18(26)27-12(2)17(25)21-19(3,4)5/h6-7,10,12H,8-9H2,1-5H3,(H,21,25)/t12-/m0/s1. The van der Waals surface area contributed by atoms with Crippen LogP contribution in [0, 0.1) is 6.92 Å². The lowest BCUT2D eigenvalue weighted by Crippen LogP contribution is -2.47. The van der Waals surface area contributed by atoms with Crippen molar-refractivity contribution < 1.29 is 19.1 Å². The average molecular weight is 394 g/mol. The van der Waals surface area contributed by atoms with Crippen LogP contribution in [0.5, 0.6) is 0 Å². The molecule has 0 bridgehead atoms. The van der Waals surface area contributed by atoms with E-state index in [-0.39, 0.29) is 24.5 Å². The van der Waals surface area contributed by atoms with E-state index >= 15 is 0 Å². The molecule has 7 nitrogen and oxygen atoms in total. The molecular formula is C19H24ClN3O4. The summed E-state index contributed by atoms with van der Waals surface area (Å²) in [7, 11) is 0. The van der Waals surface area contributed by atoms with Crippen LogP contribution in [0.4, 0.5) is 5.69 Å². The quantitative estimate of drug-likeness (QED) is 0.796. The van der Waals surface area contributed by atoms with E-state index in [2.05, 4.69) is 10.4 Å². The molecule has 0 radical (unpaired) electrons. The monoisotopic (exact) mass is 393 g/mol. The largest absolute Gasteiger partial charge is 0.448 e. The summed E-state index contributed by atoms with van der Waals surface area (Å²) in [6, 6.07) is 5.09. The summed E-state index contributed by atoms with van der Waals surface area (Å²) in [5.74, 6) is -1.36. The fourth-order valence-corrected chi connectivity index (χ4v) is 2.54. The summed E-state index contributed by atoms with van der Waals surface area (Å²) in [5, 5.41) is 8.51. The molecule has 1 aromatic carbocycles. The maximum atomic E-state index is 12.4. The number of esters is 1. The van der Waals surface area contributed by atoms with Gasteiger partial charge in [-0.15, -0.1) is 0 Å². The predicted octanol–water partition coefficient (Wildman–Crippen LogP) is 2.98. The van der Waals surface area contributed by atoms with E-state index in [1.807, 2.05) is 27.7 Å². The van der Waals surface area contributed by atoms with Crippen molar-refractivity contribution in [3.8, 4) is 0 Å². The SMILES string of the molecule is Cc1ccc(N2N=C(C(=O)O[C@@H](C)C(=O)NC(C)(C)C)CCC2=O)cc1Cl. The minimum Gasteiger partial charge on any atom is -0.448 e. The lowest BCUT2D eigenvalue weighted by Gasteiger charge is -2.25. The summed E-state index contributed by atoms with van der Waals surface area (Å²) in [6.45, 7) is 8.84. The van der Waals surface area contributed by atoms with Crippen LogP contribution in [0.3, 0.4) is 0 Å². The molecule has 146 valence electrons. The van der Waals surface area contributed by atoms with Crippen LogP contribution < -0.4 is 10.3 Å². The molecule has 0 unspecified atom stereocenters. The number of carbonyl (C=O) groups is 3. The highest BCUT2D eigenvalue weighted by atomic mass is 35.5. The zero-order valence-corrected chi connectivity index (χ0v) is 16.9. The van der Waals surface area contributed by atoms with Crippen LogP contribution in [0.1, 0.15) is 46.1 Å². The van der Waals surface area contributed by atoms with Crippen molar-refractivity contribution in [2.24, 2.45) is 5.10 Å². The second kappa shape index (κ2) is 8.08. The molecule has 8 heteroatoms. The van der Waals surface area contributed by atoms with Crippen LogP contribution in [-0.2, 0) is 19.1 Å². The average Bonchev–Trinajstić information content (AvgIpc) is 2.56. The van der Waals surface area contributed by atoms with Gasteiger partial charge in [-0.05, 0) is 52.3 Å². The van der Waals surface area contributed by atoms with Crippen molar-refractivity contribution in [1.82, 2.24) is 5.32 Å². The first-order valence-electron chi connectivity index (χ1n) is 8.67. The van der Waals surface area contributed by atoms with Gasteiger partial charge in [-0.3, -0.25) is 9.59 Å². The number of nitrogens with one attached hydrogen (secondary N) is 1. The summed E-state index contributed by atoms with van der Waals surface area (Å²) >= 11 is 6.11. The second-order valence-corrected chi connectivity index (χ2v) is 7.88. The molecule has 2 amide bonds. The highest BCUT2D eigenvalue weighted by Gasteiger charge is 2.29. The molecule has 0 fully saturated rings. The topological polar surface area (TPSA) is 88.1 Å². The highest BCUT2D eigenvalue weighted by molar-refractivity contribution is 6.38. The predicted molar refractivity (Wildman–Crippen MR) is 104 cm³/mol. The number of rotatable bonds is 4. The van der Waals surface area contributed by atoms with E-state index in [4.69, 9.17) is 16.3 Å². The molecule has 1 aliphatic heterocycles. The third-order valence-electron chi connectivity index (χ3n) is 3.82. The Morgan fingerprint density at radius 1 is 1.30 bits per heavy atom. The Bertz CT molecular complexity index is 799. The number of halogens is 1. The molecule has 0 saturated heterocycles. The van der Waals surface area contributed by atoms with E-state index in [1.54, 1.807) is 18.2 Å². The number of benzene rings is 1. The Morgan fingerprint density at radius 2 is 1.96 bits per heavy atom. The van der Waals surface area contributed by atoms with Crippen molar-refractivity contribution in [2.45, 2.75) is 59.1 Å². The van der Waals surface area contributed by atoms with Crippen molar-refractivity contribution in [2.75, 3.05) is 5.01 Å². The number of ether oxygens (including phenoxy) is 1. The third kappa shape index (κ3) is 5.53. The first kappa shape index (κ1) is 20.9. The first-order chi connectivity index (χ1) is 12.5. The fraction of sp³-hybridized carbons (Fsp3) is 0.474. The summed E-state index contributed by atoms with van der Waals surface area (Å²) in [5.41, 5.74) is 0.988. The maximum absolute atomic E-state index is 12.4. The minimum absolute atomic E-state index is 0.0849. The molecule has 1 N–H and O–H groups in total. The molecule has 1 aromatic rings. The Labute approximate surface area is 163 Å². The summed E-state index contributed by atoms with van der Waals surface area (Å²) < 4.78 is 5.21. The lowest BCUT2D eigenvalue weighted by molar-refractivity contribution is -0.149. The highest BCUT2D eigenvalue weighted by Crippen LogP contribution is 2.26. The van der Waals surface area contributed by atoms with E-state index in [0.717, 1.165) is 10.6 Å². The number of hydrazone groups is 1. The van der Waals surface area contributed by atoms with E-state index in [9.17, 15) is 14.4 Å². The van der Waals surface area contributed by atoms with E-state index in [0.29, 0.717) is 10.7 Å². The molecular weight excluding hydrogens is 370 g/mol. The zero-order valence-electron chi connectivity index (χ0n) is 16.1. The van der Waals surface area contributed by atoms with Crippen molar-refractivity contribution in [3.63, 3.8) is 0 Å². The van der Waals surface area contributed by atoms with Gasteiger partial charge in [0.05, 0.1) is 5.69 Å². The molecule has 27 heavy (non-hydrogen) atoms. The van der Waals surface area contributed by atoms with Crippen LogP contribution in [0.15, 0.2) is 23.3 Å². The molecule has 1 atom stereocenters. The molecule has 2 rings (SSSR count). The van der Waals surface area contributed by atoms with Gasteiger partial charge in [0.15, 0.2) is 6.10 Å². The normalized spacial score (nSPS) is 15.9. The van der Waals surface area contributed by atoms with Gasteiger partial charge in [0.2, 0.25) is 5.91 Å². The molecule has 1 aliphatic rings. The number of anilines is 1. The van der Waals surface area contributed by atoms with Crippen LogP contribution in [-0.4, -0.2) is 35.1 Å². The second-order valence-electron chi connectivity index (χ2n) is 7.47. The van der Waals surface area contributed by atoms with Gasteiger partial charge in [-0.1, -0.05) is 17.7 Å². The number of amides is 2. The fourth-order valence-electron chi connectivity index (χ4n) is 2.37. The van der Waals surface area contributed by atoms with Gasteiger partial charge >= 0.3 is 5.97 Å². The van der Waals surface area contributed by atoms with Gasteiger partial charge in [0, 0.05) is 23.4 Å². The molecule has 0 saturated carbocycles. The van der Waals surface area contributed by atoms with Gasteiger partial charge < -0.3 is 10.1 Å². The van der Waals surface area contributed by atoms with Crippen LogP contribution in [0.2, 0.25) is 5.02 Å².